The average Bonchev–Trinajstić information content (AvgIpc) is 2.03. The highest BCUT2D eigenvalue weighted by Gasteiger charge is 1.89. The van der Waals surface area contributed by atoms with Crippen molar-refractivity contribution in [2.45, 2.75) is 0 Å². The van der Waals surface area contributed by atoms with Crippen molar-refractivity contribution in [1.82, 2.24) is 0 Å². The molecule has 0 heterocycles. The normalized spacial score (nSPS) is 8.50. The molecule has 0 spiro atoms. The maximum Gasteiger partial charge on any atom is 0.296 e. The highest BCUT2D eigenvalue weighted by Crippen LogP contribution is 2.00. The highest BCUT2D eigenvalue weighted by atomic mass is 35.5. The monoisotopic (exact) mass is 182 g/mol. The van der Waals surface area contributed by atoms with Gasteiger partial charge in [0.25, 0.3) is 5.24 Å². The van der Waals surface area contributed by atoms with Gasteiger partial charge in [0.15, 0.2) is 0 Å². The molecule has 60 valence electrons. The summed E-state index contributed by atoms with van der Waals surface area (Å²) in [5.74, 6) is 4.27. The average molecular weight is 183 g/mol. The standard InChI is InChI=1S/C9H4ClFO/c10-9(12)6-3-7-1-4-8(11)5-2-7/h1-2,4-5H. The van der Waals surface area contributed by atoms with Gasteiger partial charge in [-0.15, -0.1) is 0 Å². The van der Waals surface area contributed by atoms with E-state index in [-0.39, 0.29) is 5.82 Å². The second kappa shape index (κ2) is 3.89. The van der Waals surface area contributed by atoms with E-state index in [1.807, 2.05) is 0 Å². The summed E-state index contributed by atoms with van der Waals surface area (Å²) in [5.41, 5.74) is 0.561. The number of carbonyl (C=O) groups excluding carboxylic acids is 1. The zero-order valence-corrected chi connectivity index (χ0v) is 6.73. The van der Waals surface area contributed by atoms with Crippen LogP contribution in [0.2, 0.25) is 0 Å². The molecule has 1 nitrogen and oxygen atoms in total. The van der Waals surface area contributed by atoms with Crippen LogP contribution in [0, 0.1) is 17.7 Å². The van der Waals surface area contributed by atoms with Crippen molar-refractivity contribution in [2.24, 2.45) is 0 Å². The molecule has 1 aromatic carbocycles. The van der Waals surface area contributed by atoms with E-state index in [1.165, 1.54) is 24.3 Å². The SMILES string of the molecule is O=C(Cl)C#Cc1ccc(F)cc1. The molecule has 0 fully saturated rings. The Bertz CT molecular complexity index is 345. The third-order valence-corrected chi connectivity index (χ3v) is 1.24. The van der Waals surface area contributed by atoms with Gasteiger partial charge in [-0.25, -0.2) is 4.39 Å². The van der Waals surface area contributed by atoms with Crippen molar-refractivity contribution < 1.29 is 9.18 Å². The molecule has 3 heteroatoms. The van der Waals surface area contributed by atoms with Crippen LogP contribution in [-0.2, 0) is 4.79 Å². The van der Waals surface area contributed by atoms with Gasteiger partial charge in [-0.3, -0.25) is 4.79 Å². The lowest BCUT2D eigenvalue weighted by Gasteiger charge is -1.87. The summed E-state index contributed by atoms with van der Waals surface area (Å²) in [6.45, 7) is 0. The summed E-state index contributed by atoms with van der Waals surface area (Å²) in [7, 11) is 0. The summed E-state index contributed by atoms with van der Waals surface area (Å²) in [4.78, 5) is 10.2. The highest BCUT2D eigenvalue weighted by molar-refractivity contribution is 6.68. The number of benzene rings is 1. The van der Waals surface area contributed by atoms with Crippen LogP contribution in [0.4, 0.5) is 4.39 Å². The maximum atomic E-state index is 12.3. The predicted molar refractivity (Wildman–Crippen MR) is 44.1 cm³/mol. The molecular formula is C9H4ClFO. The fourth-order valence-corrected chi connectivity index (χ4v) is 0.702. The van der Waals surface area contributed by atoms with Gasteiger partial charge >= 0.3 is 0 Å². The molecule has 0 atom stereocenters. The Labute approximate surface area is 74.2 Å². The fourth-order valence-electron chi connectivity index (χ4n) is 0.655. The summed E-state index contributed by atoms with van der Waals surface area (Å²) >= 11 is 4.97. The quantitative estimate of drug-likeness (QED) is 0.443. The van der Waals surface area contributed by atoms with E-state index >= 15 is 0 Å². The largest absolute Gasteiger partial charge is 0.296 e. The topological polar surface area (TPSA) is 17.1 Å². The Morgan fingerprint density at radius 3 is 2.42 bits per heavy atom. The number of halogens is 2. The minimum Gasteiger partial charge on any atom is -0.266 e. The lowest BCUT2D eigenvalue weighted by Crippen LogP contribution is -1.79. The molecule has 0 aromatic heterocycles. The van der Waals surface area contributed by atoms with Crippen molar-refractivity contribution in [3.63, 3.8) is 0 Å². The van der Waals surface area contributed by atoms with Gasteiger partial charge in [-0.2, -0.15) is 0 Å². The zero-order valence-electron chi connectivity index (χ0n) is 5.97. The van der Waals surface area contributed by atoms with E-state index in [0.717, 1.165) is 0 Å². The van der Waals surface area contributed by atoms with Gasteiger partial charge in [0.2, 0.25) is 0 Å². The lowest BCUT2D eigenvalue weighted by atomic mass is 10.2. The van der Waals surface area contributed by atoms with E-state index in [1.54, 1.807) is 0 Å². The molecule has 0 aliphatic rings. The molecule has 0 N–H and O–H groups in total. The Morgan fingerprint density at radius 1 is 1.33 bits per heavy atom. The first kappa shape index (κ1) is 8.76. The van der Waals surface area contributed by atoms with E-state index < -0.39 is 5.24 Å². The fraction of sp³-hybridized carbons (Fsp3) is 0. The van der Waals surface area contributed by atoms with Crippen LogP contribution >= 0.6 is 11.6 Å². The Hall–Kier alpha value is -1.33. The van der Waals surface area contributed by atoms with Gasteiger partial charge in [0.1, 0.15) is 5.82 Å². The first-order valence-corrected chi connectivity index (χ1v) is 3.53. The van der Waals surface area contributed by atoms with Gasteiger partial charge in [0.05, 0.1) is 0 Å². The first-order valence-electron chi connectivity index (χ1n) is 3.15. The van der Waals surface area contributed by atoms with Gasteiger partial charge in [-0.05, 0) is 41.8 Å². The van der Waals surface area contributed by atoms with Crippen LogP contribution in [0.5, 0.6) is 0 Å². The van der Waals surface area contributed by atoms with Crippen LogP contribution in [0.1, 0.15) is 5.56 Å². The van der Waals surface area contributed by atoms with Crippen molar-refractivity contribution in [1.29, 1.82) is 0 Å². The molecule has 1 rings (SSSR count). The van der Waals surface area contributed by atoms with Crippen LogP contribution in [-0.4, -0.2) is 5.24 Å². The summed E-state index contributed by atoms with van der Waals surface area (Å²) in [6, 6.07) is 5.48. The molecule has 0 aliphatic carbocycles. The maximum absolute atomic E-state index is 12.3. The van der Waals surface area contributed by atoms with Gasteiger partial charge < -0.3 is 0 Å². The molecule has 12 heavy (non-hydrogen) atoms. The van der Waals surface area contributed by atoms with Crippen molar-refractivity contribution in [3.05, 3.63) is 35.6 Å². The van der Waals surface area contributed by atoms with E-state index in [9.17, 15) is 9.18 Å². The molecule has 0 amide bonds. The molecule has 0 bridgehead atoms. The van der Waals surface area contributed by atoms with Crippen molar-refractivity contribution >= 4 is 16.8 Å². The third-order valence-electron chi connectivity index (χ3n) is 1.15. The molecular weight excluding hydrogens is 179 g/mol. The smallest absolute Gasteiger partial charge is 0.266 e. The van der Waals surface area contributed by atoms with Crippen LogP contribution in [0.15, 0.2) is 24.3 Å². The number of hydrogen-bond acceptors (Lipinski definition) is 1. The molecule has 0 saturated heterocycles. The van der Waals surface area contributed by atoms with E-state index in [4.69, 9.17) is 11.6 Å². The number of hydrogen-bond donors (Lipinski definition) is 0. The number of carbonyl (C=O) groups is 1. The molecule has 0 radical (unpaired) electrons. The second-order valence-corrected chi connectivity index (χ2v) is 2.37. The van der Waals surface area contributed by atoms with Crippen molar-refractivity contribution in [3.8, 4) is 11.8 Å². The zero-order chi connectivity index (χ0) is 8.97. The third kappa shape index (κ3) is 2.73. The lowest BCUT2D eigenvalue weighted by molar-refractivity contribution is -0.107. The Balaban J connectivity index is 2.86. The van der Waals surface area contributed by atoms with Crippen molar-refractivity contribution in [2.75, 3.05) is 0 Å². The molecule has 1 aromatic rings. The van der Waals surface area contributed by atoms with Crippen LogP contribution in [0.25, 0.3) is 0 Å². The summed E-state index contributed by atoms with van der Waals surface area (Å²) < 4.78 is 12.3. The Kier molecular flexibility index (Phi) is 2.84. The minimum absolute atomic E-state index is 0.335. The molecule has 0 unspecified atom stereocenters. The number of rotatable bonds is 0. The van der Waals surface area contributed by atoms with Gasteiger partial charge in [0, 0.05) is 5.56 Å². The molecule has 0 saturated carbocycles. The summed E-state index contributed by atoms with van der Waals surface area (Å²) in [6.07, 6.45) is 0. The second-order valence-electron chi connectivity index (χ2n) is 2.03. The van der Waals surface area contributed by atoms with E-state index in [2.05, 4.69) is 11.8 Å². The predicted octanol–water partition coefficient (Wildman–Crippen LogP) is 1.94. The van der Waals surface area contributed by atoms with Gasteiger partial charge in [-0.1, -0.05) is 5.92 Å². The first-order chi connectivity index (χ1) is 5.68. The minimum atomic E-state index is -0.723. The van der Waals surface area contributed by atoms with E-state index in [0.29, 0.717) is 5.56 Å². The Morgan fingerprint density at radius 2 is 1.92 bits per heavy atom. The summed E-state index contributed by atoms with van der Waals surface area (Å²) in [5, 5.41) is -0.723. The molecule has 0 aliphatic heterocycles. The van der Waals surface area contributed by atoms with Crippen LogP contribution in [0.3, 0.4) is 0 Å². The van der Waals surface area contributed by atoms with Crippen LogP contribution < -0.4 is 0 Å².